The van der Waals surface area contributed by atoms with Gasteiger partial charge in [0.25, 0.3) is 0 Å². The molecule has 0 atom stereocenters. The molecule has 28 heavy (non-hydrogen) atoms. The third-order valence-electron chi connectivity index (χ3n) is 4.49. The third-order valence-corrected chi connectivity index (χ3v) is 4.49. The number of carbonyl (C=O) groups is 2. The molecule has 0 saturated carbocycles. The van der Waals surface area contributed by atoms with Gasteiger partial charge in [-0.2, -0.15) is 0 Å². The average molecular weight is 376 g/mol. The maximum Gasteiger partial charge on any atom is 0.311 e. The molecule has 0 unspecified atom stereocenters. The van der Waals surface area contributed by atoms with E-state index in [0.717, 1.165) is 12.1 Å². The highest BCUT2D eigenvalue weighted by Gasteiger charge is 2.36. The summed E-state index contributed by atoms with van der Waals surface area (Å²) >= 11 is 0. The Morgan fingerprint density at radius 2 is 1.46 bits per heavy atom. The van der Waals surface area contributed by atoms with Crippen molar-refractivity contribution in [3.63, 3.8) is 0 Å². The van der Waals surface area contributed by atoms with E-state index in [1.54, 1.807) is 24.3 Å². The first-order chi connectivity index (χ1) is 13.4. The molecule has 8 nitrogen and oxygen atoms in total. The van der Waals surface area contributed by atoms with Crippen molar-refractivity contribution in [2.75, 3.05) is 5.32 Å². The minimum atomic E-state index is -0.839. The Morgan fingerprint density at radius 1 is 0.821 bits per heavy atom. The fourth-order valence-electron chi connectivity index (χ4n) is 3.21. The normalized spacial score (nSPS) is 12.3. The Morgan fingerprint density at radius 3 is 2.14 bits per heavy atom. The van der Waals surface area contributed by atoms with E-state index < -0.39 is 33.7 Å². The molecule has 0 saturated heterocycles. The second-order valence-corrected chi connectivity index (χ2v) is 6.18. The molecule has 0 heterocycles. The van der Waals surface area contributed by atoms with Crippen LogP contribution < -0.4 is 5.32 Å². The second kappa shape index (κ2) is 6.20. The number of phenols is 2. The summed E-state index contributed by atoms with van der Waals surface area (Å²) < 4.78 is 0. The van der Waals surface area contributed by atoms with Crippen LogP contribution >= 0.6 is 0 Å². The smallest absolute Gasteiger partial charge is 0.311 e. The number of rotatable bonds is 3. The second-order valence-electron chi connectivity index (χ2n) is 6.18. The van der Waals surface area contributed by atoms with E-state index in [-0.39, 0.29) is 27.9 Å². The molecule has 0 aliphatic heterocycles. The number of fused-ring (bicyclic) bond motifs is 2. The molecule has 0 bridgehead atoms. The predicted octanol–water partition coefficient (Wildman–Crippen LogP) is 3.53. The van der Waals surface area contributed by atoms with Crippen LogP contribution in [0, 0.1) is 10.1 Å². The van der Waals surface area contributed by atoms with Crippen LogP contribution in [0.4, 0.5) is 17.1 Å². The molecule has 0 spiro atoms. The van der Waals surface area contributed by atoms with Gasteiger partial charge in [-0.3, -0.25) is 19.7 Å². The van der Waals surface area contributed by atoms with E-state index in [0.29, 0.717) is 5.69 Å². The molecule has 0 fully saturated rings. The van der Waals surface area contributed by atoms with E-state index in [2.05, 4.69) is 5.32 Å². The number of ketones is 2. The maximum atomic E-state index is 13.1. The fraction of sp³-hybridized carbons (Fsp3) is 0. The van der Waals surface area contributed by atoms with Crippen molar-refractivity contribution >= 4 is 28.6 Å². The summed E-state index contributed by atoms with van der Waals surface area (Å²) in [6.45, 7) is 0. The Labute approximate surface area is 157 Å². The van der Waals surface area contributed by atoms with Crippen LogP contribution in [0.3, 0.4) is 0 Å². The first-order valence-electron chi connectivity index (χ1n) is 8.17. The number of anilines is 2. The van der Waals surface area contributed by atoms with E-state index in [1.165, 1.54) is 12.1 Å². The van der Waals surface area contributed by atoms with Crippen molar-refractivity contribution in [3.8, 4) is 11.5 Å². The van der Waals surface area contributed by atoms with Crippen LogP contribution in [0.25, 0.3) is 0 Å². The highest BCUT2D eigenvalue weighted by atomic mass is 16.6. The van der Waals surface area contributed by atoms with Crippen LogP contribution in [-0.4, -0.2) is 26.7 Å². The summed E-state index contributed by atoms with van der Waals surface area (Å²) in [5.41, 5.74) is -0.456. The van der Waals surface area contributed by atoms with Gasteiger partial charge in [0.05, 0.1) is 21.7 Å². The summed E-state index contributed by atoms with van der Waals surface area (Å²) in [5.74, 6) is -2.49. The highest BCUT2D eigenvalue weighted by Crippen LogP contribution is 2.41. The molecule has 3 aromatic rings. The number of nitrogens with zero attached hydrogens (tertiary/aromatic N) is 1. The minimum absolute atomic E-state index is 0.0821. The number of benzene rings is 3. The largest absolute Gasteiger partial charge is 0.507 e. The Hall–Kier alpha value is -4.20. The van der Waals surface area contributed by atoms with Crippen molar-refractivity contribution in [2.45, 2.75) is 0 Å². The lowest BCUT2D eigenvalue weighted by atomic mass is 9.82. The molecular weight excluding hydrogens is 364 g/mol. The molecule has 0 radical (unpaired) electrons. The van der Waals surface area contributed by atoms with Gasteiger partial charge < -0.3 is 15.5 Å². The van der Waals surface area contributed by atoms with Gasteiger partial charge in [-0.25, -0.2) is 0 Å². The standard InChI is InChI=1S/C20H12N2O6/c23-15-7-6-13(21-10-4-2-1-3-5-10)17-18(15)20(26)12-9-16(24)14(22(27)28)8-11(12)19(17)25/h1-9,21,23-24H. The summed E-state index contributed by atoms with van der Waals surface area (Å²) in [7, 11) is 0. The number of aromatic hydroxyl groups is 2. The maximum absolute atomic E-state index is 13.1. The number of nitro benzene ring substituents is 1. The zero-order valence-electron chi connectivity index (χ0n) is 14.2. The molecule has 1 aliphatic rings. The topological polar surface area (TPSA) is 130 Å². The van der Waals surface area contributed by atoms with Crippen LogP contribution in [0.1, 0.15) is 31.8 Å². The third kappa shape index (κ3) is 2.55. The first-order valence-corrected chi connectivity index (χ1v) is 8.17. The zero-order chi connectivity index (χ0) is 20.0. The van der Waals surface area contributed by atoms with Crippen molar-refractivity contribution in [1.82, 2.24) is 0 Å². The summed E-state index contributed by atoms with van der Waals surface area (Å²) in [6.07, 6.45) is 0. The van der Waals surface area contributed by atoms with Gasteiger partial charge in [0.2, 0.25) is 0 Å². The van der Waals surface area contributed by atoms with Crippen molar-refractivity contribution in [1.29, 1.82) is 0 Å². The van der Waals surface area contributed by atoms with Gasteiger partial charge in [-0.15, -0.1) is 0 Å². The van der Waals surface area contributed by atoms with Crippen molar-refractivity contribution in [2.24, 2.45) is 0 Å². The number of hydrogen-bond donors (Lipinski definition) is 3. The minimum Gasteiger partial charge on any atom is -0.507 e. The van der Waals surface area contributed by atoms with Gasteiger partial charge >= 0.3 is 5.69 Å². The van der Waals surface area contributed by atoms with Gasteiger partial charge in [-0.1, -0.05) is 18.2 Å². The van der Waals surface area contributed by atoms with Crippen molar-refractivity contribution < 1.29 is 24.7 Å². The summed E-state index contributed by atoms with van der Waals surface area (Å²) in [4.78, 5) is 36.2. The summed E-state index contributed by atoms with van der Waals surface area (Å²) in [6, 6.07) is 13.4. The number of nitrogens with one attached hydrogen (secondary N) is 1. The quantitative estimate of drug-likeness (QED) is 0.283. The van der Waals surface area contributed by atoms with Gasteiger partial charge in [0, 0.05) is 22.9 Å². The molecule has 0 amide bonds. The Bertz CT molecular complexity index is 1170. The van der Waals surface area contributed by atoms with Crippen LogP contribution in [0.15, 0.2) is 54.6 Å². The molecule has 3 aromatic carbocycles. The Balaban J connectivity index is 1.93. The number of carbonyl (C=O) groups excluding carboxylic acids is 2. The lowest BCUT2D eigenvalue weighted by Crippen LogP contribution is -2.22. The Kier molecular flexibility index (Phi) is 3.82. The number of nitro groups is 1. The van der Waals surface area contributed by atoms with E-state index >= 15 is 0 Å². The van der Waals surface area contributed by atoms with Gasteiger partial charge in [0.15, 0.2) is 17.3 Å². The molecule has 8 heteroatoms. The molecule has 0 aromatic heterocycles. The lowest BCUT2D eigenvalue weighted by molar-refractivity contribution is -0.385. The highest BCUT2D eigenvalue weighted by molar-refractivity contribution is 6.31. The first kappa shape index (κ1) is 17.2. The van der Waals surface area contributed by atoms with Crippen LogP contribution in [0.2, 0.25) is 0 Å². The molecule has 138 valence electrons. The van der Waals surface area contributed by atoms with Gasteiger partial charge in [-0.05, 0) is 30.3 Å². The molecule has 4 rings (SSSR count). The van der Waals surface area contributed by atoms with E-state index in [1.807, 2.05) is 6.07 Å². The van der Waals surface area contributed by atoms with Crippen LogP contribution in [0.5, 0.6) is 11.5 Å². The summed E-state index contributed by atoms with van der Waals surface area (Å²) in [5, 5.41) is 34.2. The SMILES string of the molecule is O=C1c2cc(O)c([N+](=O)[O-])cc2C(=O)c2c(Nc3ccccc3)ccc(O)c21. The average Bonchev–Trinajstić information content (AvgIpc) is 2.67. The van der Waals surface area contributed by atoms with Crippen LogP contribution in [-0.2, 0) is 0 Å². The lowest BCUT2D eigenvalue weighted by Gasteiger charge is -2.21. The van der Waals surface area contributed by atoms with Gasteiger partial charge in [0.1, 0.15) is 5.75 Å². The number of para-hydroxylation sites is 1. The molecule has 3 N–H and O–H groups in total. The van der Waals surface area contributed by atoms with E-state index in [9.17, 15) is 29.9 Å². The monoisotopic (exact) mass is 376 g/mol. The predicted molar refractivity (Wildman–Crippen MR) is 99.5 cm³/mol. The molecule has 1 aliphatic carbocycles. The zero-order valence-corrected chi connectivity index (χ0v) is 14.2. The van der Waals surface area contributed by atoms with Crippen molar-refractivity contribution in [3.05, 3.63) is 87.0 Å². The van der Waals surface area contributed by atoms with E-state index in [4.69, 9.17) is 0 Å². The molecular formula is C20H12N2O6. The number of phenolic OH excluding ortho intramolecular Hbond substituents is 2. The number of hydrogen-bond acceptors (Lipinski definition) is 7. The fourth-order valence-corrected chi connectivity index (χ4v) is 3.21.